The van der Waals surface area contributed by atoms with Gasteiger partial charge in [0.25, 0.3) is 5.91 Å². The third-order valence-corrected chi connectivity index (χ3v) is 3.66. The zero-order chi connectivity index (χ0) is 16.8. The maximum Gasteiger partial charge on any atom is 0.274 e. The van der Waals surface area contributed by atoms with E-state index in [1.54, 1.807) is 17.6 Å². The molecule has 0 saturated carbocycles. The van der Waals surface area contributed by atoms with Gasteiger partial charge in [0.1, 0.15) is 12.4 Å². The molecular formula is C20H17NO3. The molecule has 4 heteroatoms. The van der Waals surface area contributed by atoms with E-state index in [2.05, 4.69) is 0 Å². The minimum absolute atomic E-state index is 0.401. The SMILES string of the molecule is O=C(NO)c1ccc(-c2cccc(OCc3ccccc3)c2)cc1. The van der Waals surface area contributed by atoms with E-state index in [0.29, 0.717) is 12.2 Å². The fourth-order valence-corrected chi connectivity index (χ4v) is 2.38. The van der Waals surface area contributed by atoms with Crippen molar-refractivity contribution >= 4 is 5.91 Å². The predicted octanol–water partition coefficient (Wildman–Crippen LogP) is 4.05. The van der Waals surface area contributed by atoms with Gasteiger partial charge in [0.2, 0.25) is 0 Å². The van der Waals surface area contributed by atoms with Crippen molar-refractivity contribution in [1.29, 1.82) is 0 Å². The normalized spacial score (nSPS) is 10.2. The minimum atomic E-state index is -0.526. The van der Waals surface area contributed by atoms with Crippen LogP contribution >= 0.6 is 0 Å². The molecule has 3 aromatic rings. The molecule has 4 nitrogen and oxygen atoms in total. The van der Waals surface area contributed by atoms with Crippen molar-refractivity contribution < 1.29 is 14.7 Å². The van der Waals surface area contributed by atoms with E-state index >= 15 is 0 Å². The topological polar surface area (TPSA) is 58.6 Å². The number of benzene rings is 3. The van der Waals surface area contributed by atoms with Gasteiger partial charge in [-0.1, -0.05) is 54.6 Å². The predicted molar refractivity (Wildman–Crippen MR) is 91.9 cm³/mol. The number of rotatable bonds is 5. The van der Waals surface area contributed by atoms with Crippen LogP contribution in [0.25, 0.3) is 11.1 Å². The summed E-state index contributed by atoms with van der Waals surface area (Å²) in [7, 11) is 0. The van der Waals surface area contributed by atoms with E-state index < -0.39 is 5.91 Å². The van der Waals surface area contributed by atoms with E-state index in [-0.39, 0.29) is 0 Å². The summed E-state index contributed by atoms with van der Waals surface area (Å²) in [6.07, 6.45) is 0. The summed E-state index contributed by atoms with van der Waals surface area (Å²) in [5, 5.41) is 8.65. The van der Waals surface area contributed by atoms with E-state index in [4.69, 9.17) is 9.94 Å². The molecule has 24 heavy (non-hydrogen) atoms. The van der Waals surface area contributed by atoms with Crippen LogP contribution in [0, 0.1) is 0 Å². The molecule has 0 bridgehead atoms. The third kappa shape index (κ3) is 3.80. The van der Waals surface area contributed by atoms with Crippen molar-refractivity contribution in [2.75, 3.05) is 0 Å². The Balaban J connectivity index is 1.74. The van der Waals surface area contributed by atoms with Crippen LogP contribution in [0.2, 0.25) is 0 Å². The van der Waals surface area contributed by atoms with E-state index in [1.807, 2.05) is 66.7 Å². The first-order valence-electron chi connectivity index (χ1n) is 7.58. The molecule has 0 aliphatic rings. The highest BCUT2D eigenvalue weighted by Gasteiger charge is 2.05. The van der Waals surface area contributed by atoms with Crippen LogP contribution in [0.3, 0.4) is 0 Å². The average molecular weight is 319 g/mol. The highest BCUT2D eigenvalue weighted by atomic mass is 16.5. The Hall–Kier alpha value is -3.11. The summed E-state index contributed by atoms with van der Waals surface area (Å²) in [5.41, 5.74) is 5.10. The standard InChI is InChI=1S/C20H17NO3/c22-20(21-23)17-11-9-16(10-12-17)18-7-4-8-19(13-18)24-14-15-5-2-1-3-6-15/h1-13,23H,14H2,(H,21,22). The first-order valence-corrected chi connectivity index (χ1v) is 7.58. The summed E-state index contributed by atoms with van der Waals surface area (Å²) >= 11 is 0. The molecule has 0 spiro atoms. The van der Waals surface area contributed by atoms with Crippen molar-refractivity contribution in [1.82, 2.24) is 5.48 Å². The first-order chi connectivity index (χ1) is 11.8. The van der Waals surface area contributed by atoms with Crippen molar-refractivity contribution in [2.45, 2.75) is 6.61 Å². The Morgan fingerprint density at radius 3 is 2.33 bits per heavy atom. The smallest absolute Gasteiger partial charge is 0.274 e. The van der Waals surface area contributed by atoms with E-state index in [0.717, 1.165) is 22.4 Å². The Morgan fingerprint density at radius 2 is 1.62 bits per heavy atom. The van der Waals surface area contributed by atoms with Gasteiger partial charge < -0.3 is 4.74 Å². The molecule has 0 fully saturated rings. The second-order valence-electron chi connectivity index (χ2n) is 5.32. The van der Waals surface area contributed by atoms with Crippen molar-refractivity contribution in [3.8, 4) is 16.9 Å². The van der Waals surface area contributed by atoms with Crippen LogP contribution in [0.5, 0.6) is 5.75 Å². The van der Waals surface area contributed by atoms with Crippen molar-refractivity contribution in [3.63, 3.8) is 0 Å². The molecule has 0 unspecified atom stereocenters. The molecule has 0 aliphatic heterocycles. The zero-order valence-electron chi connectivity index (χ0n) is 13.0. The van der Waals surface area contributed by atoms with Gasteiger partial charge in [-0.15, -0.1) is 0 Å². The van der Waals surface area contributed by atoms with E-state index in [9.17, 15) is 4.79 Å². The van der Waals surface area contributed by atoms with Gasteiger partial charge in [0.05, 0.1) is 0 Å². The second-order valence-corrected chi connectivity index (χ2v) is 5.32. The van der Waals surface area contributed by atoms with Crippen LogP contribution in [0.4, 0.5) is 0 Å². The number of hydrogen-bond donors (Lipinski definition) is 2. The number of amides is 1. The quantitative estimate of drug-likeness (QED) is 0.551. The van der Waals surface area contributed by atoms with Crippen LogP contribution < -0.4 is 10.2 Å². The number of carbonyl (C=O) groups excluding carboxylic acids is 1. The van der Waals surface area contributed by atoms with Crippen LogP contribution in [0.15, 0.2) is 78.9 Å². The minimum Gasteiger partial charge on any atom is -0.489 e. The van der Waals surface area contributed by atoms with Gasteiger partial charge in [-0.25, -0.2) is 5.48 Å². The molecule has 3 aromatic carbocycles. The highest BCUT2D eigenvalue weighted by Crippen LogP contribution is 2.24. The molecule has 0 atom stereocenters. The summed E-state index contributed by atoms with van der Waals surface area (Å²) in [4.78, 5) is 11.4. The van der Waals surface area contributed by atoms with E-state index in [1.165, 1.54) is 0 Å². The summed E-state index contributed by atoms with van der Waals surface area (Å²) in [6.45, 7) is 0.514. The fraction of sp³-hybridized carbons (Fsp3) is 0.0500. The Morgan fingerprint density at radius 1 is 0.875 bits per heavy atom. The van der Waals surface area contributed by atoms with Crippen LogP contribution in [0.1, 0.15) is 15.9 Å². The van der Waals surface area contributed by atoms with Gasteiger partial charge >= 0.3 is 0 Å². The van der Waals surface area contributed by atoms with Gasteiger partial charge in [0, 0.05) is 5.56 Å². The Bertz CT molecular complexity index is 814. The van der Waals surface area contributed by atoms with Crippen LogP contribution in [-0.4, -0.2) is 11.1 Å². The summed E-state index contributed by atoms with van der Waals surface area (Å²) in [6, 6.07) is 24.8. The summed E-state index contributed by atoms with van der Waals surface area (Å²) < 4.78 is 5.84. The van der Waals surface area contributed by atoms with Crippen molar-refractivity contribution in [3.05, 3.63) is 90.0 Å². The molecule has 0 radical (unpaired) electrons. The fourth-order valence-electron chi connectivity index (χ4n) is 2.38. The maximum atomic E-state index is 11.4. The van der Waals surface area contributed by atoms with Crippen LogP contribution in [-0.2, 0) is 6.61 Å². The number of hydroxylamine groups is 1. The number of ether oxygens (including phenoxy) is 1. The third-order valence-electron chi connectivity index (χ3n) is 3.66. The average Bonchev–Trinajstić information content (AvgIpc) is 2.67. The highest BCUT2D eigenvalue weighted by molar-refractivity contribution is 5.93. The monoisotopic (exact) mass is 319 g/mol. The number of hydrogen-bond acceptors (Lipinski definition) is 3. The van der Waals surface area contributed by atoms with Crippen molar-refractivity contribution in [2.24, 2.45) is 0 Å². The Labute approximate surface area is 140 Å². The lowest BCUT2D eigenvalue weighted by Gasteiger charge is -2.09. The maximum absolute atomic E-state index is 11.4. The summed E-state index contributed by atoms with van der Waals surface area (Å²) in [5.74, 6) is 0.259. The molecule has 1 amide bonds. The lowest BCUT2D eigenvalue weighted by Crippen LogP contribution is -2.18. The number of carbonyl (C=O) groups is 1. The second kappa shape index (κ2) is 7.44. The van der Waals surface area contributed by atoms with Gasteiger partial charge in [-0.05, 0) is 41.0 Å². The van der Waals surface area contributed by atoms with Gasteiger partial charge in [0.15, 0.2) is 0 Å². The lowest BCUT2D eigenvalue weighted by atomic mass is 10.0. The number of nitrogens with one attached hydrogen (secondary N) is 1. The molecule has 0 aromatic heterocycles. The zero-order valence-corrected chi connectivity index (χ0v) is 13.0. The molecule has 0 aliphatic carbocycles. The van der Waals surface area contributed by atoms with Gasteiger partial charge in [-0.2, -0.15) is 0 Å². The molecule has 0 heterocycles. The molecular weight excluding hydrogens is 302 g/mol. The molecule has 3 rings (SSSR count). The molecule has 120 valence electrons. The molecule has 0 saturated heterocycles. The lowest BCUT2D eigenvalue weighted by molar-refractivity contribution is 0.0706. The largest absolute Gasteiger partial charge is 0.489 e. The molecule has 2 N–H and O–H groups in total. The van der Waals surface area contributed by atoms with Gasteiger partial charge in [-0.3, -0.25) is 10.0 Å². The Kier molecular flexibility index (Phi) is 4.89. The first kappa shape index (κ1) is 15.8.